The fourth-order valence-electron chi connectivity index (χ4n) is 5.40. The molecule has 0 bridgehead atoms. The summed E-state index contributed by atoms with van der Waals surface area (Å²) in [6, 6.07) is 13.8. The number of carbonyl (C=O) groups excluding carboxylic acids is 2. The minimum Gasteiger partial charge on any atom is -0.493 e. The molecule has 182 valence electrons. The fourth-order valence-corrected chi connectivity index (χ4v) is 5.40. The fraction of sp³-hybridized carbons (Fsp3) is 0.393. The van der Waals surface area contributed by atoms with Crippen molar-refractivity contribution in [2.24, 2.45) is 10.8 Å². The predicted octanol–water partition coefficient (Wildman–Crippen LogP) is 4.37. The van der Waals surface area contributed by atoms with Gasteiger partial charge in [-0.2, -0.15) is 5.26 Å². The Balaban J connectivity index is 2.07. The maximum Gasteiger partial charge on any atom is 0.329 e. The number of nitrogens with zero attached hydrogens (tertiary/aromatic N) is 2. The number of ether oxygens (including phenoxy) is 3. The highest BCUT2D eigenvalue weighted by molar-refractivity contribution is 5.99. The number of methoxy groups -OCH3 is 3. The smallest absolute Gasteiger partial charge is 0.329 e. The normalized spacial score (nSPS) is 24.7. The second-order valence-corrected chi connectivity index (χ2v) is 9.89. The Labute approximate surface area is 205 Å². The number of fused-ring (bicyclic) bond motifs is 3. The van der Waals surface area contributed by atoms with Crippen molar-refractivity contribution in [3.8, 4) is 17.6 Å². The lowest BCUT2D eigenvalue weighted by Gasteiger charge is -2.37. The maximum atomic E-state index is 14.1. The van der Waals surface area contributed by atoms with Crippen molar-refractivity contribution < 1.29 is 23.8 Å². The number of carbonyl (C=O) groups is 2. The van der Waals surface area contributed by atoms with E-state index < -0.39 is 34.8 Å². The van der Waals surface area contributed by atoms with Gasteiger partial charge >= 0.3 is 5.97 Å². The average Bonchev–Trinajstić information content (AvgIpc) is 3.18. The second kappa shape index (κ2) is 8.77. The average molecular weight is 475 g/mol. The molecule has 1 saturated heterocycles. The Morgan fingerprint density at radius 1 is 1.03 bits per heavy atom. The third kappa shape index (κ3) is 3.56. The summed E-state index contributed by atoms with van der Waals surface area (Å²) in [5.41, 5.74) is -0.0714. The lowest BCUT2D eigenvalue weighted by Crippen LogP contribution is -2.48. The molecule has 4 atom stereocenters. The molecule has 0 aliphatic carbocycles. The number of Topliss-reactive ketones (excluding diaryl/α,β-unsaturated/α-hetero) is 1. The van der Waals surface area contributed by atoms with Gasteiger partial charge in [0.15, 0.2) is 22.7 Å². The summed E-state index contributed by atoms with van der Waals surface area (Å²) < 4.78 is 16.2. The van der Waals surface area contributed by atoms with E-state index in [0.717, 1.165) is 11.3 Å². The first kappa shape index (κ1) is 24.3. The molecule has 2 heterocycles. The van der Waals surface area contributed by atoms with Crippen LogP contribution in [-0.2, 0) is 14.3 Å². The summed E-state index contributed by atoms with van der Waals surface area (Å²) in [5.74, 6) is -0.621. The van der Waals surface area contributed by atoms with Crippen LogP contribution in [0.2, 0.25) is 0 Å². The van der Waals surface area contributed by atoms with Gasteiger partial charge in [0.1, 0.15) is 0 Å². The molecule has 0 spiro atoms. The van der Waals surface area contributed by atoms with Gasteiger partial charge in [-0.1, -0.05) is 57.2 Å². The van der Waals surface area contributed by atoms with Crippen LogP contribution in [0.5, 0.6) is 11.5 Å². The van der Waals surface area contributed by atoms with Crippen LogP contribution in [-0.4, -0.2) is 45.2 Å². The Hall–Kier alpha value is -3.79. The minimum atomic E-state index is -1.68. The van der Waals surface area contributed by atoms with Crippen LogP contribution in [0.25, 0.3) is 6.08 Å². The third-order valence-corrected chi connectivity index (χ3v) is 7.03. The Morgan fingerprint density at radius 2 is 1.71 bits per heavy atom. The number of rotatable bonds is 5. The highest BCUT2D eigenvalue weighted by Crippen LogP contribution is 2.57. The van der Waals surface area contributed by atoms with E-state index in [2.05, 4.69) is 6.07 Å². The number of benzene rings is 2. The van der Waals surface area contributed by atoms with Crippen molar-refractivity contribution in [1.29, 1.82) is 5.26 Å². The molecule has 0 saturated carbocycles. The molecule has 0 radical (unpaired) electrons. The highest BCUT2D eigenvalue weighted by Gasteiger charge is 2.67. The molecule has 2 aliphatic rings. The lowest BCUT2D eigenvalue weighted by atomic mass is 9.67. The van der Waals surface area contributed by atoms with E-state index in [9.17, 15) is 14.9 Å². The first-order chi connectivity index (χ1) is 16.6. The summed E-state index contributed by atoms with van der Waals surface area (Å²) in [6.07, 6.45) is 3.74. The lowest BCUT2D eigenvalue weighted by molar-refractivity contribution is -0.150. The van der Waals surface area contributed by atoms with Crippen LogP contribution in [0, 0.1) is 22.2 Å². The molecule has 4 rings (SSSR count). The molecule has 0 unspecified atom stereocenters. The standard InChI is InChI=1S/C28H30N2O5/c1-27(2,3)25(31)24-23(18-11-13-20(33-4)21(15-18)34-5)28(16-29,26(32)35-6)22-14-12-17-9-7-8-10-19(17)30(22)24/h7-15,22-24H,1-6H3/t22-,23+,24-,28+/m0/s1. The van der Waals surface area contributed by atoms with Gasteiger partial charge in [0.2, 0.25) is 0 Å². The molecule has 2 aromatic rings. The van der Waals surface area contributed by atoms with Crippen molar-refractivity contribution in [3.05, 3.63) is 59.7 Å². The van der Waals surface area contributed by atoms with Crippen LogP contribution < -0.4 is 14.4 Å². The van der Waals surface area contributed by atoms with Gasteiger partial charge in [-0.05, 0) is 29.3 Å². The van der Waals surface area contributed by atoms with Crippen molar-refractivity contribution in [2.75, 3.05) is 26.2 Å². The molecule has 7 nitrogen and oxygen atoms in total. The second-order valence-electron chi connectivity index (χ2n) is 9.89. The van der Waals surface area contributed by atoms with Gasteiger partial charge in [0.25, 0.3) is 0 Å². The molecule has 35 heavy (non-hydrogen) atoms. The summed E-state index contributed by atoms with van der Waals surface area (Å²) in [6.45, 7) is 5.56. The van der Waals surface area contributed by atoms with Gasteiger partial charge in [-0.25, -0.2) is 0 Å². The van der Waals surface area contributed by atoms with Gasteiger partial charge in [-0.15, -0.1) is 0 Å². The molecule has 0 N–H and O–H groups in total. The van der Waals surface area contributed by atoms with Crippen LogP contribution >= 0.6 is 0 Å². The number of anilines is 1. The molecule has 0 aromatic heterocycles. The Kier molecular flexibility index (Phi) is 6.10. The zero-order valence-electron chi connectivity index (χ0n) is 20.9. The number of para-hydroxylation sites is 1. The monoisotopic (exact) mass is 474 g/mol. The molecule has 1 fully saturated rings. The van der Waals surface area contributed by atoms with Gasteiger partial charge in [0.05, 0.1) is 39.5 Å². The largest absolute Gasteiger partial charge is 0.493 e. The number of nitriles is 1. The van der Waals surface area contributed by atoms with Gasteiger partial charge in [0, 0.05) is 17.0 Å². The molecular formula is C28H30N2O5. The zero-order valence-corrected chi connectivity index (χ0v) is 20.9. The van der Waals surface area contributed by atoms with Crippen molar-refractivity contribution in [2.45, 2.75) is 38.8 Å². The van der Waals surface area contributed by atoms with Crippen LogP contribution in [0.4, 0.5) is 5.69 Å². The van der Waals surface area contributed by atoms with Crippen LogP contribution in [0.15, 0.2) is 48.5 Å². The highest BCUT2D eigenvalue weighted by atomic mass is 16.5. The van der Waals surface area contributed by atoms with E-state index in [4.69, 9.17) is 14.2 Å². The summed E-state index contributed by atoms with van der Waals surface area (Å²) in [7, 11) is 4.33. The summed E-state index contributed by atoms with van der Waals surface area (Å²) in [5, 5.41) is 10.7. The van der Waals surface area contributed by atoms with Crippen molar-refractivity contribution in [1.82, 2.24) is 0 Å². The predicted molar refractivity (Wildman–Crippen MR) is 132 cm³/mol. The van der Waals surface area contributed by atoms with Crippen LogP contribution in [0.3, 0.4) is 0 Å². The third-order valence-electron chi connectivity index (χ3n) is 7.03. The number of hydrogen-bond acceptors (Lipinski definition) is 7. The Morgan fingerprint density at radius 3 is 2.31 bits per heavy atom. The SMILES string of the molecule is COC(=O)[C@@]1(C#N)[C@H](c2ccc(OC)c(OC)c2)[C@@H](C(=O)C(C)(C)C)N2c3ccccc3C=C[C@H]21. The maximum absolute atomic E-state index is 14.1. The van der Waals surface area contributed by atoms with E-state index in [1.54, 1.807) is 18.2 Å². The van der Waals surface area contributed by atoms with Gasteiger partial charge in [-0.3, -0.25) is 9.59 Å². The van der Waals surface area contributed by atoms with E-state index in [1.807, 2.05) is 62.1 Å². The molecule has 7 heteroatoms. The zero-order chi connectivity index (χ0) is 25.5. The molecule has 2 aliphatic heterocycles. The number of hydrogen-bond donors (Lipinski definition) is 0. The van der Waals surface area contributed by atoms with Gasteiger partial charge < -0.3 is 19.1 Å². The van der Waals surface area contributed by atoms with Crippen LogP contribution in [0.1, 0.15) is 37.8 Å². The summed E-state index contributed by atoms with van der Waals surface area (Å²) in [4.78, 5) is 29.6. The van der Waals surface area contributed by atoms with E-state index in [1.165, 1.54) is 21.3 Å². The molecule has 0 amide bonds. The molecular weight excluding hydrogens is 444 g/mol. The summed E-state index contributed by atoms with van der Waals surface area (Å²) >= 11 is 0. The molecule has 2 aromatic carbocycles. The number of ketones is 1. The minimum absolute atomic E-state index is 0.0755. The topological polar surface area (TPSA) is 88.9 Å². The first-order valence-corrected chi connectivity index (χ1v) is 11.5. The van der Waals surface area contributed by atoms with E-state index >= 15 is 0 Å². The number of esters is 1. The quantitative estimate of drug-likeness (QED) is 0.595. The van der Waals surface area contributed by atoms with Crippen molar-refractivity contribution in [3.63, 3.8) is 0 Å². The van der Waals surface area contributed by atoms with E-state index in [0.29, 0.717) is 17.1 Å². The first-order valence-electron chi connectivity index (χ1n) is 11.5. The van der Waals surface area contributed by atoms with Crippen molar-refractivity contribution >= 4 is 23.5 Å². The van der Waals surface area contributed by atoms with E-state index in [-0.39, 0.29) is 5.78 Å². The Bertz CT molecular complexity index is 1240.